The van der Waals surface area contributed by atoms with Gasteiger partial charge in [0.25, 0.3) is 0 Å². The lowest BCUT2D eigenvalue weighted by atomic mass is 10.1. The van der Waals surface area contributed by atoms with Gasteiger partial charge in [-0.15, -0.1) is 0 Å². The molecule has 0 aromatic carbocycles. The molecule has 5 heteroatoms. The molecule has 0 saturated carbocycles. The van der Waals surface area contributed by atoms with Crippen LogP contribution in [0.2, 0.25) is 5.15 Å². The highest BCUT2D eigenvalue weighted by Gasteiger charge is 2.19. The number of anilines is 1. The zero-order valence-corrected chi connectivity index (χ0v) is 13.4. The van der Waals surface area contributed by atoms with Crippen LogP contribution in [0, 0.1) is 6.92 Å². The molecule has 0 spiro atoms. The molecule has 1 N–H and O–H groups in total. The minimum absolute atomic E-state index is 0.239. The van der Waals surface area contributed by atoms with Crippen molar-refractivity contribution >= 4 is 17.4 Å². The summed E-state index contributed by atoms with van der Waals surface area (Å²) in [5, 5.41) is 3.82. The molecule has 1 rings (SSSR count). The first-order chi connectivity index (χ1) is 8.76. The van der Waals surface area contributed by atoms with Crippen LogP contribution in [-0.4, -0.2) is 28.7 Å². The van der Waals surface area contributed by atoms with Crippen LogP contribution in [0.1, 0.15) is 51.9 Å². The van der Waals surface area contributed by atoms with Crippen LogP contribution >= 0.6 is 11.6 Å². The second-order valence-electron chi connectivity index (χ2n) is 5.55. The molecule has 0 bridgehead atoms. The predicted octanol–water partition coefficient (Wildman–Crippen LogP) is 3.79. The summed E-state index contributed by atoms with van der Waals surface area (Å²) in [5.41, 5.74) is 0.634. The van der Waals surface area contributed by atoms with Gasteiger partial charge < -0.3 is 10.1 Å². The Kier molecular flexibility index (Phi) is 5.56. The molecule has 4 nitrogen and oxygen atoms in total. The van der Waals surface area contributed by atoms with Crippen molar-refractivity contribution in [1.29, 1.82) is 0 Å². The SMILES string of the molecule is CCOC(C)(C)CNc1nc(C(C)C)nc(Cl)c1C. The van der Waals surface area contributed by atoms with Crippen LogP contribution in [0.5, 0.6) is 0 Å². The fraction of sp³-hybridized carbons (Fsp3) is 0.714. The average molecular weight is 286 g/mol. The summed E-state index contributed by atoms with van der Waals surface area (Å²) in [6.45, 7) is 13.5. The second-order valence-corrected chi connectivity index (χ2v) is 5.91. The van der Waals surface area contributed by atoms with Crippen molar-refractivity contribution in [3.05, 3.63) is 16.5 Å². The quantitative estimate of drug-likeness (QED) is 0.808. The van der Waals surface area contributed by atoms with Crippen LogP contribution in [0.15, 0.2) is 0 Å². The van der Waals surface area contributed by atoms with Crippen molar-refractivity contribution in [3.8, 4) is 0 Å². The zero-order valence-electron chi connectivity index (χ0n) is 12.7. The summed E-state index contributed by atoms with van der Waals surface area (Å²) < 4.78 is 5.66. The number of nitrogens with one attached hydrogen (secondary N) is 1. The Bertz CT molecular complexity index is 433. The number of halogens is 1. The number of hydrogen-bond donors (Lipinski definition) is 1. The largest absolute Gasteiger partial charge is 0.374 e. The van der Waals surface area contributed by atoms with Gasteiger partial charge in [0.1, 0.15) is 16.8 Å². The summed E-state index contributed by atoms with van der Waals surface area (Å²) in [6, 6.07) is 0. The van der Waals surface area contributed by atoms with E-state index in [2.05, 4.69) is 29.1 Å². The number of hydrogen-bond acceptors (Lipinski definition) is 4. The molecule has 1 aromatic heterocycles. The highest BCUT2D eigenvalue weighted by atomic mass is 35.5. The molecule has 0 fully saturated rings. The maximum atomic E-state index is 6.15. The van der Waals surface area contributed by atoms with E-state index in [-0.39, 0.29) is 11.5 Å². The lowest BCUT2D eigenvalue weighted by Gasteiger charge is -2.25. The van der Waals surface area contributed by atoms with Crippen molar-refractivity contribution in [3.63, 3.8) is 0 Å². The lowest BCUT2D eigenvalue weighted by Crippen LogP contribution is -2.33. The number of ether oxygens (including phenoxy) is 1. The minimum Gasteiger partial charge on any atom is -0.374 e. The Morgan fingerprint density at radius 3 is 2.47 bits per heavy atom. The number of nitrogens with zero attached hydrogens (tertiary/aromatic N) is 2. The molecule has 0 amide bonds. The van der Waals surface area contributed by atoms with E-state index in [4.69, 9.17) is 16.3 Å². The van der Waals surface area contributed by atoms with Gasteiger partial charge in [-0.2, -0.15) is 0 Å². The third kappa shape index (κ3) is 4.62. The molecule has 0 aliphatic heterocycles. The van der Waals surface area contributed by atoms with Gasteiger partial charge in [-0.05, 0) is 27.7 Å². The first kappa shape index (κ1) is 16.2. The summed E-state index contributed by atoms with van der Waals surface area (Å²) in [4.78, 5) is 8.83. The van der Waals surface area contributed by atoms with Crippen molar-refractivity contribution in [2.24, 2.45) is 0 Å². The maximum Gasteiger partial charge on any atom is 0.137 e. The Morgan fingerprint density at radius 1 is 1.32 bits per heavy atom. The Labute approximate surface area is 120 Å². The van der Waals surface area contributed by atoms with Gasteiger partial charge in [0.2, 0.25) is 0 Å². The van der Waals surface area contributed by atoms with E-state index >= 15 is 0 Å². The topological polar surface area (TPSA) is 47.0 Å². The van der Waals surface area contributed by atoms with Gasteiger partial charge in [0, 0.05) is 24.6 Å². The number of aromatic nitrogens is 2. The zero-order chi connectivity index (χ0) is 14.6. The van der Waals surface area contributed by atoms with E-state index < -0.39 is 0 Å². The van der Waals surface area contributed by atoms with Gasteiger partial charge in [-0.3, -0.25) is 0 Å². The molecule has 0 radical (unpaired) electrons. The van der Waals surface area contributed by atoms with Crippen LogP contribution < -0.4 is 5.32 Å². The normalized spacial score (nSPS) is 12.0. The number of rotatable bonds is 6. The Balaban J connectivity index is 2.88. The van der Waals surface area contributed by atoms with Crippen LogP contribution in [0.3, 0.4) is 0 Å². The summed E-state index contributed by atoms with van der Waals surface area (Å²) >= 11 is 6.15. The molecule has 1 heterocycles. The van der Waals surface area contributed by atoms with E-state index in [9.17, 15) is 0 Å². The molecule has 0 atom stereocenters. The fourth-order valence-corrected chi connectivity index (χ4v) is 1.85. The Hall–Kier alpha value is -0.870. The molecule has 0 unspecified atom stereocenters. The fourth-order valence-electron chi connectivity index (χ4n) is 1.67. The average Bonchev–Trinajstić information content (AvgIpc) is 2.30. The van der Waals surface area contributed by atoms with E-state index in [1.807, 2.05) is 27.7 Å². The smallest absolute Gasteiger partial charge is 0.137 e. The molecule has 108 valence electrons. The highest BCUT2D eigenvalue weighted by molar-refractivity contribution is 6.30. The highest BCUT2D eigenvalue weighted by Crippen LogP contribution is 2.23. The standard InChI is InChI=1S/C14H24ClN3O/c1-7-19-14(5,6)8-16-13-10(4)11(15)17-12(18-13)9(2)3/h9H,7-8H2,1-6H3,(H,16,17,18). The molecule has 1 aromatic rings. The van der Waals surface area contributed by atoms with E-state index in [1.165, 1.54) is 0 Å². The van der Waals surface area contributed by atoms with Crippen LogP contribution in [-0.2, 0) is 4.74 Å². The van der Waals surface area contributed by atoms with Gasteiger partial charge in [-0.25, -0.2) is 9.97 Å². The minimum atomic E-state index is -0.239. The predicted molar refractivity (Wildman–Crippen MR) is 80.1 cm³/mol. The van der Waals surface area contributed by atoms with Gasteiger partial charge in [0.05, 0.1) is 5.60 Å². The molecular formula is C14H24ClN3O. The van der Waals surface area contributed by atoms with Crippen LogP contribution in [0.25, 0.3) is 0 Å². The van der Waals surface area contributed by atoms with E-state index in [1.54, 1.807) is 0 Å². The Morgan fingerprint density at radius 2 is 1.95 bits per heavy atom. The lowest BCUT2D eigenvalue weighted by molar-refractivity contribution is 0.000631. The van der Waals surface area contributed by atoms with Crippen LogP contribution in [0.4, 0.5) is 5.82 Å². The molecular weight excluding hydrogens is 262 g/mol. The summed E-state index contributed by atoms with van der Waals surface area (Å²) in [7, 11) is 0. The van der Waals surface area contributed by atoms with Crippen molar-refractivity contribution in [2.75, 3.05) is 18.5 Å². The summed E-state index contributed by atoms with van der Waals surface area (Å²) in [5.74, 6) is 1.79. The third-order valence-electron chi connectivity index (χ3n) is 2.84. The van der Waals surface area contributed by atoms with Gasteiger partial charge in [0.15, 0.2) is 0 Å². The van der Waals surface area contributed by atoms with Gasteiger partial charge >= 0.3 is 0 Å². The summed E-state index contributed by atoms with van der Waals surface area (Å²) in [6.07, 6.45) is 0. The van der Waals surface area contributed by atoms with Crippen molar-refractivity contribution in [2.45, 2.75) is 53.1 Å². The van der Waals surface area contributed by atoms with E-state index in [0.29, 0.717) is 18.3 Å². The van der Waals surface area contributed by atoms with E-state index in [0.717, 1.165) is 17.2 Å². The first-order valence-corrected chi connectivity index (χ1v) is 7.06. The molecule has 0 aliphatic carbocycles. The van der Waals surface area contributed by atoms with Gasteiger partial charge in [-0.1, -0.05) is 25.4 Å². The molecule has 19 heavy (non-hydrogen) atoms. The maximum absolute atomic E-state index is 6.15. The monoisotopic (exact) mass is 285 g/mol. The molecule has 0 aliphatic rings. The first-order valence-electron chi connectivity index (χ1n) is 6.68. The molecule has 0 saturated heterocycles. The van der Waals surface area contributed by atoms with Crippen molar-refractivity contribution in [1.82, 2.24) is 9.97 Å². The van der Waals surface area contributed by atoms with Crippen molar-refractivity contribution < 1.29 is 4.74 Å². The second kappa shape index (κ2) is 6.53. The third-order valence-corrected chi connectivity index (χ3v) is 3.20.